The topological polar surface area (TPSA) is 58.4 Å². The van der Waals surface area contributed by atoms with Gasteiger partial charge in [-0.2, -0.15) is 0 Å². The van der Waals surface area contributed by atoms with E-state index < -0.39 is 0 Å². The van der Waals surface area contributed by atoms with Gasteiger partial charge in [0.15, 0.2) is 5.69 Å². The predicted octanol–water partition coefficient (Wildman–Crippen LogP) is 5.13. The van der Waals surface area contributed by atoms with Gasteiger partial charge in [-0.15, -0.1) is 0 Å². The van der Waals surface area contributed by atoms with Crippen LogP contribution in [0.2, 0.25) is 0 Å². The van der Waals surface area contributed by atoms with Crippen molar-refractivity contribution in [2.45, 2.75) is 46.8 Å². The number of aromatic nitrogens is 1. The minimum absolute atomic E-state index is 0.164. The molecule has 0 radical (unpaired) electrons. The van der Waals surface area contributed by atoms with Crippen LogP contribution in [-0.4, -0.2) is 22.3 Å². The number of rotatable bonds is 9. The van der Waals surface area contributed by atoms with Crippen molar-refractivity contribution in [2.75, 3.05) is 6.54 Å². The summed E-state index contributed by atoms with van der Waals surface area (Å²) in [6, 6.07) is 19.1. The van der Waals surface area contributed by atoms with Crippen LogP contribution >= 0.6 is 0 Å². The number of nitrogens with zero attached hydrogens (tertiary/aromatic N) is 2. The van der Waals surface area contributed by atoms with E-state index in [1.807, 2.05) is 6.07 Å². The van der Waals surface area contributed by atoms with Gasteiger partial charge in [-0.3, -0.25) is 9.69 Å². The molecule has 2 aromatic carbocycles. The normalized spacial score (nSPS) is 12.3. The van der Waals surface area contributed by atoms with Crippen molar-refractivity contribution in [1.82, 2.24) is 15.2 Å². The lowest BCUT2D eigenvalue weighted by Crippen LogP contribution is -2.28. The lowest BCUT2D eigenvalue weighted by atomic mass is 10.1. The first-order valence-electron chi connectivity index (χ1n) is 10.5. The second-order valence-electron chi connectivity index (χ2n) is 8.21. The Morgan fingerprint density at radius 3 is 2.40 bits per heavy atom. The largest absolute Gasteiger partial charge is 0.447 e. The number of hydrogen-bond acceptors (Lipinski definition) is 4. The Balaban J connectivity index is 1.77. The smallest absolute Gasteiger partial charge is 0.273 e. The Morgan fingerprint density at radius 1 is 1.03 bits per heavy atom. The number of carbonyl (C=O) groups excluding carboxylic acids is 1. The third-order valence-electron chi connectivity index (χ3n) is 5.13. The molecule has 30 heavy (non-hydrogen) atoms. The molecule has 5 heteroatoms. The van der Waals surface area contributed by atoms with E-state index in [9.17, 15) is 4.79 Å². The highest BCUT2D eigenvalue weighted by Gasteiger charge is 2.20. The van der Waals surface area contributed by atoms with Gasteiger partial charge in [-0.25, -0.2) is 4.98 Å². The molecular formula is C25H31N3O2. The second kappa shape index (κ2) is 10.2. The zero-order valence-corrected chi connectivity index (χ0v) is 18.3. The first-order valence-corrected chi connectivity index (χ1v) is 10.5. The minimum Gasteiger partial charge on any atom is -0.447 e. The van der Waals surface area contributed by atoms with Crippen LogP contribution < -0.4 is 5.32 Å². The maximum Gasteiger partial charge on any atom is 0.273 e. The van der Waals surface area contributed by atoms with E-state index in [0.29, 0.717) is 30.6 Å². The molecule has 5 nitrogen and oxygen atoms in total. The van der Waals surface area contributed by atoms with Gasteiger partial charge in [0.25, 0.3) is 5.91 Å². The summed E-state index contributed by atoms with van der Waals surface area (Å²) in [5, 5.41) is 2.88. The molecule has 1 aromatic heterocycles. The number of amides is 1. The molecule has 0 aliphatic carbocycles. The van der Waals surface area contributed by atoms with Crippen LogP contribution in [0.3, 0.4) is 0 Å². The van der Waals surface area contributed by atoms with Crippen LogP contribution in [0.5, 0.6) is 0 Å². The summed E-state index contributed by atoms with van der Waals surface area (Å²) in [7, 11) is 0. The van der Waals surface area contributed by atoms with Gasteiger partial charge in [-0.1, -0.05) is 74.0 Å². The molecule has 0 unspecified atom stereocenters. The molecule has 158 valence electrons. The SMILES string of the molecule is Cc1ccc(CN(Cc2nc(C(=O)NCC(C)C)co2)[C@@H](C)c2ccccc2)cc1. The summed E-state index contributed by atoms with van der Waals surface area (Å²) in [6.07, 6.45) is 1.45. The molecule has 0 aliphatic rings. The van der Waals surface area contributed by atoms with E-state index in [-0.39, 0.29) is 11.9 Å². The molecule has 0 saturated carbocycles. The summed E-state index contributed by atoms with van der Waals surface area (Å²) < 4.78 is 5.65. The molecule has 0 spiro atoms. The zero-order valence-electron chi connectivity index (χ0n) is 18.3. The summed E-state index contributed by atoms with van der Waals surface area (Å²) >= 11 is 0. The highest BCUT2D eigenvalue weighted by Crippen LogP contribution is 2.24. The third kappa shape index (κ3) is 6.04. The van der Waals surface area contributed by atoms with E-state index in [1.54, 1.807) is 0 Å². The molecule has 1 atom stereocenters. The van der Waals surface area contributed by atoms with Crippen molar-refractivity contribution in [3.8, 4) is 0 Å². The molecule has 0 fully saturated rings. The predicted molar refractivity (Wildman–Crippen MR) is 119 cm³/mol. The zero-order chi connectivity index (χ0) is 21.5. The maximum atomic E-state index is 12.3. The fourth-order valence-corrected chi connectivity index (χ4v) is 3.25. The molecule has 1 heterocycles. The summed E-state index contributed by atoms with van der Waals surface area (Å²) in [5.74, 6) is 0.733. The van der Waals surface area contributed by atoms with Gasteiger partial charge in [-0.05, 0) is 30.9 Å². The highest BCUT2D eigenvalue weighted by molar-refractivity contribution is 5.91. The van der Waals surface area contributed by atoms with Gasteiger partial charge in [0.1, 0.15) is 6.26 Å². The molecule has 3 rings (SSSR count). The third-order valence-corrected chi connectivity index (χ3v) is 5.13. The van der Waals surface area contributed by atoms with Crippen molar-refractivity contribution in [1.29, 1.82) is 0 Å². The number of hydrogen-bond donors (Lipinski definition) is 1. The summed E-state index contributed by atoms with van der Waals surface area (Å²) in [6.45, 7) is 10.3. The van der Waals surface area contributed by atoms with Crippen molar-refractivity contribution >= 4 is 5.91 Å². The van der Waals surface area contributed by atoms with E-state index in [1.165, 1.54) is 23.0 Å². The van der Waals surface area contributed by atoms with E-state index in [0.717, 1.165) is 6.54 Å². The molecule has 1 N–H and O–H groups in total. The number of benzene rings is 2. The average Bonchev–Trinajstić information content (AvgIpc) is 3.22. The summed E-state index contributed by atoms with van der Waals surface area (Å²) in [5.41, 5.74) is 4.02. The van der Waals surface area contributed by atoms with Crippen LogP contribution in [0.15, 0.2) is 65.3 Å². The lowest BCUT2D eigenvalue weighted by Gasteiger charge is -2.28. The van der Waals surface area contributed by atoms with Gasteiger partial charge in [0.2, 0.25) is 5.89 Å². The Hall–Kier alpha value is -2.92. The second-order valence-corrected chi connectivity index (χ2v) is 8.21. The molecule has 1 amide bonds. The molecule has 3 aromatic rings. The van der Waals surface area contributed by atoms with Gasteiger partial charge in [0.05, 0.1) is 6.54 Å². The fraction of sp³-hybridized carbons (Fsp3) is 0.360. The molecular weight excluding hydrogens is 374 g/mol. The summed E-state index contributed by atoms with van der Waals surface area (Å²) in [4.78, 5) is 19.0. The van der Waals surface area contributed by atoms with Crippen molar-refractivity contribution in [3.05, 3.63) is 89.1 Å². The van der Waals surface area contributed by atoms with Gasteiger partial charge < -0.3 is 9.73 Å². The number of oxazole rings is 1. The van der Waals surface area contributed by atoms with E-state index >= 15 is 0 Å². The first kappa shape index (κ1) is 21.8. The monoisotopic (exact) mass is 405 g/mol. The Labute approximate surface area is 179 Å². The van der Waals surface area contributed by atoms with Crippen LogP contribution in [0.1, 0.15) is 59.9 Å². The van der Waals surface area contributed by atoms with Crippen LogP contribution in [0.25, 0.3) is 0 Å². The van der Waals surface area contributed by atoms with Crippen LogP contribution in [0, 0.1) is 12.8 Å². The molecule has 0 aliphatic heterocycles. The van der Waals surface area contributed by atoms with Gasteiger partial charge >= 0.3 is 0 Å². The van der Waals surface area contributed by atoms with Crippen molar-refractivity contribution < 1.29 is 9.21 Å². The highest BCUT2D eigenvalue weighted by atomic mass is 16.3. The maximum absolute atomic E-state index is 12.3. The fourth-order valence-electron chi connectivity index (χ4n) is 3.25. The standard InChI is InChI=1S/C25H31N3O2/c1-18(2)14-26-25(29)23-17-30-24(27-23)16-28(15-21-12-10-19(3)11-13-21)20(4)22-8-6-5-7-9-22/h5-13,17-18,20H,14-16H2,1-4H3,(H,26,29)/t20-/m0/s1. The van der Waals surface area contributed by atoms with Crippen LogP contribution in [-0.2, 0) is 13.1 Å². The Morgan fingerprint density at radius 2 is 1.73 bits per heavy atom. The van der Waals surface area contributed by atoms with Crippen molar-refractivity contribution in [3.63, 3.8) is 0 Å². The van der Waals surface area contributed by atoms with Crippen LogP contribution in [0.4, 0.5) is 0 Å². The lowest BCUT2D eigenvalue weighted by molar-refractivity contribution is 0.0944. The first-order chi connectivity index (χ1) is 14.4. The number of nitrogens with one attached hydrogen (secondary N) is 1. The number of aryl methyl sites for hydroxylation is 1. The quantitative estimate of drug-likeness (QED) is 0.536. The van der Waals surface area contributed by atoms with Crippen molar-refractivity contribution in [2.24, 2.45) is 5.92 Å². The average molecular weight is 406 g/mol. The molecule has 0 saturated heterocycles. The Kier molecular flexibility index (Phi) is 7.41. The Bertz CT molecular complexity index is 933. The van der Waals surface area contributed by atoms with E-state index in [2.05, 4.69) is 91.4 Å². The van der Waals surface area contributed by atoms with E-state index in [4.69, 9.17) is 4.42 Å². The minimum atomic E-state index is -0.195. The van der Waals surface area contributed by atoms with Gasteiger partial charge in [0, 0.05) is 19.1 Å². The number of carbonyl (C=O) groups is 1. The molecule has 0 bridgehead atoms.